The number of aliphatic hydroxyl groups excluding tert-OH is 2. The van der Waals surface area contributed by atoms with Crippen molar-refractivity contribution in [1.82, 2.24) is 4.98 Å². The van der Waals surface area contributed by atoms with Gasteiger partial charge < -0.3 is 10.2 Å². The molecular weight excluding hydrogens is 326 g/mol. The molecule has 1 heterocycles. The number of aliphatic hydroxyl groups is 2. The lowest BCUT2D eigenvalue weighted by molar-refractivity contribution is 0.115. The number of hydrogen-bond donors (Lipinski definition) is 2. The maximum absolute atomic E-state index is 9.77. The molecule has 0 fully saturated rings. The van der Waals surface area contributed by atoms with E-state index in [4.69, 9.17) is 0 Å². The van der Waals surface area contributed by atoms with Gasteiger partial charge in [0.25, 0.3) is 0 Å². The summed E-state index contributed by atoms with van der Waals surface area (Å²) in [4.78, 5) is 4.42. The van der Waals surface area contributed by atoms with E-state index in [0.717, 1.165) is 20.7 Å². The van der Waals surface area contributed by atoms with Crippen molar-refractivity contribution in [2.45, 2.75) is 18.8 Å². The lowest BCUT2D eigenvalue weighted by Crippen LogP contribution is -2.37. The Morgan fingerprint density at radius 1 is 1.21 bits per heavy atom. The second-order valence-electron chi connectivity index (χ2n) is 4.64. The average Bonchev–Trinajstić information content (AvgIpc) is 2.82. The van der Waals surface area contributed by atoms with Gasteiger partial charge in [-0.05, 0) is 24.6 Å². The molecule has 0 aliphatic heterocycles. The molecule has 0 amide bonds. The molecule has 0 radical (unpaired) electrons. The minimum absolute atomic E-state index is 0.109. The van der Waals surface area contributed by atoms with Gasteiger partial charge in [-0.2, -0.15) is 0 Å². The van der Waals surface area contributed by atoms with Crippen LogP contribution in [0.15, 0.2) is 34.1 Å². The number of aryl methyl sites for hydroxylation is 1. The Morgan fingerprint density at radius 3 is 2.32 bits per heavy atom. The minimum atomic E-state index is -0.679. The van der Waals surface area contributed by atoms with Crippen molar-refractivity contribution in [3.05, 3.63) is 50.4 Å². The second kappa shape index (κ2) is 6.13. The Hall–Kier alpha value is -0.750. The molecular formula is C14H16BrNO2S. The van der Waals surface area contributed by atoms with Crippen LogP contribution in [0.5, 0.6) is 0 Å². The fourth-order valence-corrected chi connectivity index (χ4v) is 2.96. The van der Waals surface area contributed by atoms with Crippen molar-refractivity contribution in [3.63, 3.8) is 0 Å². The first-order chi connectivity index (χ1) is 9.09. The smallest absolute Gasteiger partial charge is 0.0897 e. The number of benzene rings is 1. The predicted octanol–water partition coefficient (Wildman–Crippen LogP) is 2.68. The highest BCUT2D eigenvalue weighted by Crippen LogP contribution is 2.29. The minimum Gasteiger partial charge on any atom is -0.395 e. The normalized spacial score (nSPS) is 11.8. The van der Waals surface area contributed by atoms with Crippen molar-refractivity contribution >= 4 is 27.3 Å². The predicted molar refractivity (Wildman–Crippen MR) is 80.5 cm³/mol. The van der Waals surface area contributed by atoms with Crippen LogP contribution in [0.3, 0.4) is 0 Å². The van der Waals surface area contributed by atoms with Gasteiger partial charge in [0.15, 0.2) is 0 Å². The molecule has 0 aliphatic rings. The summed E-state index contributed by atoms with van der Waals surface area (Å²) in [6.07, 6.45) is 0.534. The number of thiazole rings is 1. The van der Waals surface area contributed by atoms with E-state index in [2.05, 4.69) is 20.9 Å². The first-order valence-electron chi connectivity index (χ1n) is 5.98. The van der Waals surface area contributed by atoms with E-state index >= 15 is 0 Å². The van der Waals surface area contributed by atoms with Gasteiger partial charge in [0, 0.05) is 21.7 Å². The summed E-state index contributed by atoms with van der Waals surface area (Å²) < 4.78 is 0.977. The summed E-state index contributed by atoms with van der Waals surface area (Å²) in [5, 5.41) is 22.5. The number of hydrogen-bond acceptors (Lipinski definition) is 4. The topological polar surface area (TPSA) is 53.4 Å². The maximum Gasteiger partial charge on any atom is 0.0897 e. The van der Waals surface area contributed by atoms with Crippen LogP contribution in [0.4, 0.5) is 0 Å². The Kier molecular flexibility index (Phi) is 4.73. The highest BCUT2D eigenvalue weighted by atomic mass is 79.9. The molecule has 5 heteroatoms. The van der Waals surface area contributed by atoms with Crippen LogP contribution in [0.1, 0.15) is 16.3 Å². The highest BCUT2D eigenvalue weighted by molar-refractivity contribution is 9.10. The molecule has 2 rings (SSSR count). The first-order valence-corrected chi connectivity index (χ1v) is 7.66. The monoisotopic (exact) mass is 341 g/mol. The number of halogens is 1. The van der Waals surface area contributed by atoms with Crippen LogP contribution in [0.2, 0.25) is 0 Å². The van der Waals surface area contributed by atoms with E-state index < -0.39 is 5.41 Å². The van der Waals surface area contributed by atoms with E-state index in [1.54, 1.807) is 11.3 Å². The quantitative estimate of drug-likeness (QED) is 0.878. The lowest BCUT2D eigenvalue weighted by atomic mass is 9.78. The largest absolute Gasteiger partial charge is 0.395 e. The van der Waals surface area contributed by atoms with Gasteiger partial charge in [-0.15, -0.1) is 11.3 Å². The van der Waals surface area contributed by atoms with Gasteiger partial charge in [-0.25, -0.2) is 4.98 Å². The van der Waals surface area contributed by atoms with Gasteiger partial charge in [-0.1, -0.05) is 28.1 Å². The molecule has 2 N–H and O–H groups in total. The summed E-state index contributed by atoms with van der Waals surface area (Å²) in [5.41, 5.74) is 1.15. The van der Waals surface area contributed by atoms with Gasteiger partial charge in [0.1, 0.15) is 0 Å². The van der Waals surface area contributed by atoms with E-state index in [1.165, 1.54) is 0 Å². The number of rotatable bonds is 5. The highest BCUT2D eigenvalue weighted by Gasteiger charge is 2.32. The summed E-state index contributed by atoms with van der Waals surface area (Å²) >= 11 is 4.97. The molecule has 102 valence electrons. The summed E-state index contributed by atoms with van der Waals surface area (Å²) in [6.45, 7) is 1.73. The Balaban J connectivity index is 2.33. The third-order valence-corrected chi connectivity index (χ3v) is 4.60. The Labute approximate surface area is 125 Å². The molecule has 0 aliphatic carbocycles. The Bertz CT molecular complexity index is 535. The van der Waals surface area contributed by atoms with Crippen molar-refractivity contribution in [3.8, 4) is 0 Å². The van der Waals surface area contributed by atoms with Crippen LogP contribution in [-0.4, -0.2) is 28.4 Å². The summed E-state index contributed by atoms with van der Waals surface area (Å²) in [7, 11) is 0. The molecule has 0 saturated carbocycles. The van der Waals surface area contributed by atoms with E-state index in [0.29, 0.717) is 6.42 Å². The Morgan fingerprint density at radius 2 is 1.84 bits per heavy atom. The van der Waals surface area contributed by atoms with Crippen LogP contribution in [0, 0.1) is 6.92 Å². The molecule has 1 aromatic carbocycles. The zero-order chi connectivity index (χ0) is 13.9. The molecule has 0 bridgehead atoms. The lowest BCUT2D eigenvalue weighted by Gasteiger charge is -2.29. The maximum atomic E-state index is 9.77. The van der Waals surface area contributed by atoms with Crippen molar-refractivity contribution in [2.24, 2.45) is 0 Å². The fourth-order valence-electron chi connectivity index (χ4n) is 2.09. The van der Waals surface area contributed by atoms with Crippen LogP contribution < -0.4 is 0 Å². The van der Waals surface area contributed by atoms with Gasteiger partial charge in [-0.3, -0.25) is 0 Å². The number of aromatic nitrogens is 1. The standard InChI is InChI=1S/C14H16BrNO2S/c1-10-16-13(7-19-10)6-14(8-17,9-18)11-2-4-12(15)5-3-11/h2-5,7,17-18H,6,8-9H2,1H3. The van der Waals surface area contributed by atoms with Crippen molar-refractivity contribution in [2.75, 3.05) is 13.2 Å². The first kappa shape index (κ1) is 14.7. The molecule has 0 unspecified atom stereocenters. The summed E-state index contributed by atoms with van der Waals surface area (Å²) in [5.74, 6) is 0. The van der Waals surface area contributed by atoms with E-state index in [9.17, 15) is 10.2 Å². The second-order valence-corrected chi connectivity index (χ2v) is 6.62. The van der Waals surface area contributed by atoms with Crippen LogP contribution in [-0.2, 0) is 11.8 Å². The average molecular weight is 342 g/mol. The SMILES string of the molecule is Cc1nc(CC(CO)(CO)c2ccc(Br)cc2)cs1. The number of nitrogens with zero attached hydrogens (tertiary/aromatic N) is 1. The van der Waals surface area contributed by atoms with Gasteiger partial charge in [0.05, 0.1) is 23.9 Å². The van der Waals surface area contributed by atoms with Crippen molar-refractivity contribution in [1.29, 1.82) is 0 Å². The fraction of sp³-hybridized carbons (Fsp3) is 0.357. The third kappa shape index (κ3) is 3.23. The molecule has 3 nitrogen and oxygen atoms in total. The molecule has 0 saturated heterocycles. The van der Waals surface area contributed by atoms with Crippen LogP contribution >= 0.6 is 27.3 Å². The molecule has 19 heavy (non-hydrogen) atoms. The zero-order valence-electron chi connectivity index (χ0n) is 10.6. The van der Waals surface area contributed by atoms with Gasteiger partial charge >= 0.3 is 0 Å². The van der Waals surface area contributed by atoms with E-state index in [-0.39, 0.29) is 13.2 Å². The van der Waals surface area contributed by atoms with Crippen molar-refractivity contribution < 1.29 is 10.2 Å². The van der Waals surface area contributed by atoms with Crippen LogP contribution in [0.25, 0.3) is 0 Å². The molecule has 0 spiro atoms. The summed E-state index contributed by atoms with van der Waals surface area (Å²) in [6, 6.07) is 7.69. The molecule has 2 aromatic rings. The van der Waals surface area contributed by atoms with E-state index in [1.807, 2.05) is 36.6 Å². The molecule has 0 atom stereocenters. The van der Waals surface area contributed by atoms with Gasteiger partial charge in [0.2, 0.25) is 0 Å². The third-order valence-electron chi connectivity index (χ3n) is 3.25. The zero-order valence-corrected chi connectivity index (χ0v) is 13.0. The molecule has 1 aromatic heterocycles.